The van der Waals surface area contributed by atoms with Gasteiger partial charge >= 0.3 is 150 Å². The first-order chi connectivity index (χ1) is 10.9. The molecule has 25 heavy (non-hydrogen) atoms. The summed E-state index contributed by atoms with van der Waals surface area (Å²) < 4.78 is 81.9. The van der Waals surface area contributed by atoms with E-state index in [2.05, 4.69) is 10.1 Å². The molecule has 0 aromatic heterocycles. The fourth-order valence-corrected chi connectivity index (χ4v) is 5.97. The summed E-state index contributed by atoms with van der Waals surface area (Å²) in [4.78, 5) is 15.8. The van der Waals surface area contributed by atoms with E-state index in [0.717, 1.165) is 0 Å². The molecule has 0 aromatic carbocycles. The average molecular weight is 495 g/mol. The second-order valence-electron chi connectivity index (χ2n) is 6.20. The second kappa shape index (κ2) is 8.15. The maximum absolute atomic E-state index is 13.0. The molecule has 0 bridgehead atoms. The van der Waals surface area contributed by atoms with E-state index < -0.39 is 59.3 Å². The number of carbonyl (C=O) groups is 1. The van der Waals surface area contributed by atoms with Gasteiger partial charge in [0.25, 0.3) is 0 Å². The Bertz CT molecular complexity index is 450. The normalized spacial score (nSPS) is 17.1. The fraction of sp³-hybridized carbons (Fsp3) is 0.929. The number of carbonyl (C=O) groups excluding carboxylic acids is 1. The quantitative estimate of drug-likeness (QED) is 0.247. The van der Waals surface area contributed by atoms with Gasteiger partial charge in [-0.15, -0.1) is 0 Å². The molecule has 152 valence electrons. The van der Waals surface area contributed by atoms with Crippen LogP contribution in [-0.4, -0.2) is 61.0 Å². The Hall–Kier alpha value is -0.300. The number of hydrogen-bond donors (Lipinski definition) is 2. The van der Waals surface area contributed by atoms with Crippen molar-refractivity contribution in [3.05, 3.63) is 0 Å². The molecule has 0 saturated heterocycles. The molecule has 0 spiro atoms. The van der Waals surface area contributed by atoms with E-state index >= 15 is 0 Å². The summed E-state index contributed by atoms with van der Waals surface area (Å²) >= 11 is -2.02. The third-order valence-electron chi connectivity index (χ3n) is 3.71. The predicted molar refractivity (Wildman–Crippen MR) is 90.0 cm³/mol. The number of halogens is 7. The maximum atomic E-state index is 13.0. The van der Waals surface area contributed by atoms with Crippen LogP contribution in [0.5, 0.6) is 0 Å². The fourth-order valence-electron chi connectivity index (χ4n) is 2.41. The van der Waals surface area contributed by atoms with Gasteiger partial charge in [0.05, 0.1) is 0 Å². The summed E-state index contributed by atoms with van der Waals surface area (Å²) in [5.74, 6) is -1.18. The van der Waals surface area contributed by atoms with Gasteiger partial charge in [0.2, 0.25) is 0 Å². The Morgan fingerprint density at radius 2 is 1.52 bits per heavy atom. The van der Waals surface area contributed by atoms with Crippen molar-refractivity contribution in [2.45, 2.75) is 61.2 Å². The third-order valence-corrected chi connectivity index (χ3v) is 7.98. The van der Waals surface area contributed by atoms with Gasteiger partial charge < -0.3 is 0 Å². The molecular formula is C14H24F6INO3. The molecule has 0 amide bonds. The van der Waals surface area contributed by atoms with Crippen LogP contribution in [0.4, 0.5) is 26.3 Å². The zero-order chi connectivity index (χ0) is 20.4. The molecule has 0 aromatic rings. The summed E-state index contributed by atoms with van der Waals surface area (Å²) in [6, 6.07) is -0.474. The van der Waals surface area contributed by atoms with Crippen molar-refractivity contribution in [2.24, 2.45) is 0 Å². The molecule has 11 heteroatoms. The van der Waals surface area contributed by atoms with Gasteiger partial charge in [-0.2, -0.15) is 0 Å². The Labute approximate surface area is 150 Å². The number of alkyl halides is 9. The van der Waals surface area contributed by atoms with E-state index in [0.29, 0.717) is 20.4 Å². The molecule has 2 unspecified atom stereocenters. The van der Waals surface area contributed by atoms with Crippen LogP contribution in [0.2, 0.25) is 0 Å². The number of aliphatic hydroxyl groups is 1. The first kappa shape index (κ1) is 24.7. The molecule has 4 nitrogen and oxygen atoms in total. The number of hydrogen-bond acceptors (Lipinski definition) is 4. The monoisotopic (exact) mass is 495 g/mol. The van der Waals surface area contributed by atoms with Crippen LogP contribution >= 0.6 is 19.8 Å². The Balaban J connectivity index is 5.82. The first-order valence-corrected chi connectivity index (χ1v) is 12.8. The molecule has 0 rings (SSSR count). The zero-order valence-electron chi connectivity index (χ0n) is 14.8. The van der Waals surface area contributed by atoms with Crippen LogP contribution in [0.15, 0.2) is 0 Å². The van der Waals surface area contributed by atoms with Gasteiger partial charge in [-0.1, -0.05) is 0 Å². The number of ether oxygens (including phenoxy) is 1. The number of rotatable bonds is 7. The van der Waals surface area contributed by atoms with Crippen molar-refractivity contribution in [3.63, 3.8) is 0 Å². The molecule has 0 fully saturated rings. The molecule has 0 radical (unpaired) electrons. The van der Waals surface area contributed by atoms with Crippen molar-refractivity contribution in [1.82, 2.24) is 5.32 Å². The van der Waals surface area contributed by atoms with Crippen LogP contribution < -0.4 is 5.32 Å². The van der Waals surface area contributed by atoms with E-state index in [-0.39, 0.29) is 0 Å². The Kier molecular flexibility index (Phi) is 8.06. The van der Waals surface area contributed by atoms with Crippen LogP contribution in [0.25, 0.3) is 0 Å². The Morgan fingerprint density at radius 3 is 1.80 bits per heavy atom. The molecule has 0 aliphatic heterocycles. The molecule has 2 N–H and O–H groups in total. The van der Waals surface area contributed by atoms with E-state index in [1.807, 2.05) is 0 Å². The van der Waals surface area contributed by atoms with Crippen LogP contribution in [-0.2, 0) is 9.53 Å². The molecule has 0 aliphatic rings. The van der Waals surface area contributed by atoms with Gasteiger partial charge in [0, 0.05) is 0 Å². The van der Waals surface area contributed by atoms with Gasteiger partial charge in [0.1, 0.15) is 0 Å². The van der Waals surface area contributed by atoms with E-state index in [9.17, 15) is 36.2 Å². The van der Waals surface area contributed by atoms with Crippen molar-refractivity contribution < 1.29 is 41.0 Å². The second-order valence-corrected chi connectivity index (χ2v) is 12.2. The minimum atomic E-state index is -6.07. The summed E-state index contributed by atoms with van der Waals surface area (Å²) in [6.07, 6.45) is -12.1. The number of nitrogens with one attached hydrogen (secondary N) is 1. The average Bonchev–Trinajstić information content (AvgIpc) is 2.33. The molecule has 0 aliphatic carbocycles. The summed E-state index contributed by atoms with van der Waals surface area (Å²) in [5, 5.41) is 12.4. The van der Waals surface area contributed by atoms with Gasteiger partial charge in [-0.05, 0) is 0 Å². The molecule has 0 saturated carbocycles. The first-order valence-electron chi connectivity index (χ1n) is 7.24. The van der Waals surface area contributed by atoms with Crippen molar-refractivity contribution in [1.29, 1.82) is 0 Å². The van der Waals surface area contributed by atoms with Crippen LogP contribution in [0.1, 0.15) is 27.7 Å². The van der Waals surface area contributed by atoms with Crippen molar-refractivity contribution in [2.75, 3.05) is 16.4 Å². The molecule has 0 heterocycles. The van der Waals surface area contributed by atoms with E-state index in [1.165, 1.54) is 0 Å². The standard InChI is InChI=1S/C14H24F6INO3/c1-7-22-8(2)9(21(5)6)10(23)25-11(3,4)12(24,13(15,16)17)14(18,19)20/h8-9,22,24H,7H2,1-6H3. The van der Waals surface area contributed by atoms with Crippen LogP contribution in [0, 0.1) is 0 Å². The van der Waals surface area contributed by atoms with Gasteiger partial charge in [-0.3, -0.25) is 0 Å². The summed E-state index contributed by atoms with van der Waals surface area (Å²) in [5.41, 5.74) is -8.44. The third kappa shape index (κ3) is 5.12. The molecule has 2 atom stereocenters. The van der Waals surface area contributed by atoms with E-state index in [4.69, 9.17) is 0 Å². The minimum absolute atomic E-state index is 0.407. The summed E-state index contributed by atoms with van der Waals surface area (Å²) in [6.45, 7) is 4.64. The van der Waals surface area contributed by atoms with Gasteiger partial charge in [0.15, 0.2) is 0 Å². The topological polar surface area (TPSA) is 58.6 Å². The predicted octanol–water partition coefficient (Wildman–Crippen LogP) is 3.30. The van der Waals surface area contributed by atoms with Gasteiger partial charge in [-0.25, -0.2) is 0 Å². The summed E-state index contributed by atoms with van der Waals surface area (Å²) in [7, 11) is 0. The van der Waals surface area contributed by atoms with Crippen LogP contribution in [0.3, 0.4) is 0 Å². The van der Waals surface area contributed by atoms with Crippen molar-refractivity contribution >= 4 is 25.8 Å². The Morgan fingerprint density at radius 1 is 1.12 bits per heavy atom. The SMILES string of the molecule is CCNC(C)C(C(=O)OC(C)(C)C(O)(C(F)(F)F)C(F)(F)F)I(C)C. The van der Waals surface area contributed by atoms with E-state index in [1.54, 1.807) is 23.7 Å². The molecular weight excluding hydrogens is 471 g/mol. The van der Waals surface area contributed by atoms with Crippen molar-refractivity contribution in [3.8, 4) is 0 Å². The zero-order valence-corrected chi connectivity index (χ0v) is 16.9. The number of esters is 1.